The van der Waals surface area contributed by atoms with Gasteiger partial charge in [-0.15, -0.1) is 0 Å². The number of hydrogen-bond acceptors (Lipinski definition) is 3. The second kappa shape index (κ2) is 5.02. The van der Waals surface area contributed by atoms with Gasteiger partial charge in [0.15, 0.2) is 0 Å². The molecule has 0 aliphatic rings. The fourth-order valence-electron chi connectivity index (χ4n) is 0.0445. The topological polar surface area (TPSA) is 43.4 Å². The van der Waals surface area contributed by atoms with E-state index in [0.29, 0.717) is 0 Å². The average Bonchev–Trinajstić information content (AvgIpc) is 1.68. The van der Waals surface area contributed by atoms with E-state index in [1.807, 2.05) is 0 Å². The molecule has 0 aromatic heterocycles. The van der Waals surface area contributed by atoms with E-state index in [4.69, 9.17) is 0 Å². The van der Waals surface area contributed by atoms with E-state index < -0.39 is 10.1 Å². The molecule has 0 spiro atoms. The maximum Gasteiger partial charge on any atom is 1.00 e. The maximum atomic E-state index is 10.0. The molecule has 0 amide bonds. The Balaban J connectivity index is -0.000000180. The predicted molar refractivity (Wildman–Crippen MR) is 27.5 cm³/mol. The van der Waals surface area contributed by atoms with Gasteiger partial charge in [0.1, 0.15) is 0 Å². The van der Waals surface area contributed by atoms with Gasteiger partial charge in [0.2, 0.25) is 0 Å². The first kappa shape index (κ1) is 11.9. The summed E-state index contributed by atoms with van der Waals surface area (Å²) in [4.78, 5) is 0. The largest absolute Gasteiger partial charge is 1.00 e. The van der Waals surface area contributed by atoms with Gasteiger partial charge < -0.3 is 1.43 Å². The van der Waals surface area contributed by atoms with Crippen LogP contribution in [0.1, 0.15) is 8.35 Å². The number of rotatable bonds is 2. The monoisotopic (exact) mass is 168 g/mol. The molecule has 0 unspecified atom stereocenters. The molecule has 0 aromatic rings. The summed E-state index contributed by atoms with van der Waals surface area (Å²) in [5, 5.41) is 0. The molecule has 6 heteroatoms. The molecule has 0 aliphatic heterocycles. The minimum atomic E-state index is -3.39. The van der Waals surface area contributed by atoms with Gasteiger partial charge in [0.05, 0.1) is 17.6 Å². The van der Waals surface area contributed by atoms with Crippen molar-refractivity contribution in [2.24, 2.45) is 0 Å². The Labute approximate surface area is 77.4 Å². The normalized spacial score (nSPS) is 10.2. The van der Waals surface area contributed by atoms with Gasteiger partial charge in [-0.05, 0) is 6.92 Å². The van der Waals surface area contributed by atoms with Crippen molar-refractivity contribution in [3.05, 3.63) is 0 Å². The molecule has 0 bridgehead atoms. The summed E-state index contributed by atoms with van der Waals surface area (Å²) >= 11 is 4.51. The van der Waals surface area contributed by atoms with Crippen LogP contribution < -0.4 is 29.6 Å². The first-order valence-electron chi connectivity index (χ1n) is 1.65. The molecule has 0 N–H and O–H groups in total. The first-order chi connectivity index (χ1) is 3.12. The summed E-state index contributed by atoms with van der Waals surface area (Å²) in [6.07, 6.45) is 0. The van der Waals surface area contributed by atoms with Gasteiger partial charge in [0, 0.05) is 0 Å². The molecule has 8 heavy (non-hydrogen) atoms. The van der Waals surface area contributed by atoms with Crippen LogP contribution in [0, 0.1) is 0 Å². The third-order valence-electron chi connectivity index (χ3n) is 0.450. The minimum Gasteiger partial charge on any atom is -1.00 e. The average molecular weight is 169 g/mol. The van der Waals surface area contributed by atoms with Crippen molar-refractivity contribution in [1.29, 1.82) is 0 Å². The standard InChI is InChI=1S/C2H5ClO3S.Na.H/c1-2-7(4,5)6-3;;/h2H2,1H3;;/q;+1;-1. The van der Waals surface area contributed by atoms with Crippen LogP contribution >= 0.6 is 11.9 Å². The summed E-state index contributed by atoms with van der Waals surface area (Å²) in [7, 11) is -3.39. The van der Waals surface area contributed by atoms with Crippen molar-refractivity contribution in [2.45, 2.75) is 6.92 Å². The van der Waals surface area contributed by atoms with Crippen LogP contribution in [0.3, 0.4) is 0 Å². The smallest absolute Gasteiger partial charge is 1.00 e. The molecule has 0 heterocycles. The first-order valence-corrected chi connectivity index (χ1v) is 3.54. The minimum absolute atomic E-state index is 0. The van der Waals surface area contributed by atoms with Gasteiger partial charge in [-0.3, -0.25) is 0 Å². The van der Waals surface area contributed by atoms with Crippen LogP contribution in [0.4, 0.5) is 0 Å². The molecular weight excluding hydrogens is 163 g/mol. The fraction of sp³-hybridized carbons (Fsp3) is 1.00. The van der Waals surface area contributed by atoms with E-state index in [9.17, 15) is 8.42 Å². The molecule has 0 aliphatic carbocycles. The van der Waals surface area contributed by atoms with Gasteiger partial charge in [-0.25, -0.2) is 0 Å². The summed E-state index contributed by atoms with van der Waals surface area (Å²) in [6, 6.07) is 0. The SMILES string of the molecule is CCS(=O)(=O)OCl.[H-].[Na+]. The quantitative estimate of drug-likeness (QED) is 0.433. The van der Waals surface area contributed by atoms with Crippen LogP contribution in [0.15, 0.2) is 0 Å². The molecule has 0 saturated heterocycles. The van der Waals surface area contributed by atoms with Crippen molar-refractivity contribution in [3.63, 3.8) is 0 Å². The fourth-order valence-corrected chi connectivity index (χ4v) is 0.401. The van der Waals surface area contributed by atoms with E-state index in [0.717, 1.165) is 0 Å². The summed E-state index contributed by atoms with van der Waals surface area (Å²) < 4.78 is 23.6. The molecule has 46 valence electrons. The molecule has 0 aromatic carbocycles. The molecule has 0 fully saturated rings. The Morgan fingerprint density at radius 2 is 2.12 bits per heavy atom. The van der Waals surface area contributed by atoms with Crippen LogP contribution in [0.2, 0.25) is 0 Å². The zero-order valence-corrected chi connectivity index (χ0v) is 8.29. The molecule has 0 atom stereocenters. The Hall–Kier alpha value is 1.20. The Morgan fingerprint density at radius 3 is 2.12 bits per heavy atom. The van der Waals surface area contributed by atoms with Crippen LogP contribution in [-0.2, 0) is 13.9 Å². The van der Waals surface area contributed by atoms with Crippen LogP contribution in [0.5, 0.6) is 0 Å². The van der Waals surface area contributed by atoms with E-state index in [-0.39, 0.29) is 36.7 Å². The number of halogens is 1. The maximum absolute atomic E-state index is 10.0. The van der Waals surface area contributed by atoms with E-state index in [1.165, 1.54) is 6.92 Å². The van der Waals surface area contributed by atoms with Crippen LogP contribution in [0.25, 0.3) is 0 Å². The third kappa shape index (κ3) is 5.34. The zero-order chi connectivity index (χ0) is 5.91. The van der Waals surface area contributed by atoms with Crippen molar-refractivity contribution >= 4 is 22.0 Å². The summed E-state index contributed by atoms with van der Waals surface area (Å²) in [6.45, 7) is 1.44. The number of hydrogen-bond donors (Lipinski definition) is 0. The van der Waals surface area contributed by atoms with Gasteiger partial charge >= 0.3 is 29.6 Å². The van der Waals surface area contributed by atoms with Crippen molar-refractivity contribution < 1.29 is 43.1 Å². The van der Waals surface area contributed by atoms with E-state index >= 15 is 0 Å². The Morgan fingerprint density at radius 1 is 1.75 bits per heavy atom. The van der Waals surface area contributed by atoms with Gasteiger partial charge in [0.25, 0.3) is 10.1 Å². The summed E-state index contributed by atoms with van der Waals surface area (Å²) in [5.74, 6) is -0.0868. The zero-order valence-electron chi connectivity index (χ0n) is 5.72. The van der Waals surface area contributed by atoms with E-state index in [2.05, 4.69) is 15.6 Å². The molecule has 0 saturated carbocycles. The molecule has 3 nitrogen and oxygen atoms in total. The third-order valence-corrected chi connectivity index (χ3v) is 1.92. The molecule has 0 radical (unpaired) electrons. The van der Waals surface area contributed by atoms with Crippen molar-refractivity contribution in [1.82, 2.24) is 0 Å². The van der Waals surface area contributed by atoms with E-state index in [1.54, 1.807) is 0 Å². The van der Waals surface area contributed by atoms with Gasteiger partial charge in [-0.1, -0.05) is 0 Å². The second-order valence-corrected chi connectivity index (χ2v) is 3.11. The molecular formula is C2H6ClNaO3S. The summed E-state index contributed by atoms with van der Waals surface area (Å²) in [5.41, 5.74) is 0. The van der Waals surface area contributed by atoms with Crippen molar-refractivity contribution in [3.8, 4) is 0 Å². The Kier molecular flexibility index (Phi) is 7.49. The Bertz CT molecular complexity index is 125. The predicted octanol–water partition coefficient (Wildman–Crippen LogP) is -2.38. The second-order valence-electron chi connectivity index (χ2n) is 0.909. The van der Waals surface area contributed by atoms with Gasteiger partial charge in [-0.2, -0.15) is 12.2 Å². The van der Waals surface area contributed by atoms with Crippen molar-refractivity contribution in [2.75, 3.05) is 5.75 Å². The molecule has 0 rings (SSSR count). The van der Waals surface area contributed by atoms with Crippen LogP contribution in [-0.4, -0.2) is 14.2 Å².